The number of carboxylic acids is 1. The van der Waals surface area contributed by atoms with Gasteiger partial charge >= 0.3 is 5.97 Å². The number of fused-ring (bicyclic) bond motifs is 1. The summed E-state index contributed by atoms with van der Waals surface area (Å²) >= 11 is 6.12. The van der Waals surface area contributed by atoms with Crippen LogP contribution in [-0.4, -0.2) is 15.6 Å². The third-order valence-corrected chi connectivity index (χ3v) is 3.31. The zero-order valence-corrected chi connectivity index (χ0v) is 10.1. The molecule has 0 saturated carbocycles. The number of carboxylic acid groups (broad SMARTS) is 1. The first-order chi connectivity index (χ1) is 7.43. The molecule has 1 aromatic carbocycles. The Bertz CT molecular complexity index is 599. The minimum absolute atomic E-state index is 0.255. The summed E-state index contributed by atoms with van der Waals surface area (Å²) in [6.45, 7) is 3.94. The highest BCUT2D eigenvalue weighted by atomic mass is 35.5. The third-order valence-electron chi connectivity index (χ3n) is 3.00. The molecule has 16 heavy (non-hydrogen) atoms. The monoisotopic (exact) mass is 237 g/mol. The lowest BCUT2D eigenvalue weighted by atomic mass is 10.1. The van der Waals surface area contributed by atoms with Crippen LogP contribution in [0, 0.1) is 13.8 Å². The van der Waals surface area contributed by atoms with Gasteiger partial charge in [0.1, 0.15) is 5.69 Å². The fraction of sp³-hybridized carbons (Fsp3) is 0.250. The van der Waals surface area contributed by atoms with Gasteiger partial charge in [0, 0.05) is 12.4 Å². The van der Waals surface area contributed by atoms with Crippen LogP contribution in [0.3, 0.4) is 0 Å². The lowest BCUT2D eigenvalue weighted by Crippen LogP contribution is -2.04. The number of halogens is 1. The molecule has 0 aliphatic rings. The number of rotatable bonds is 1. The molecule has 0 atom stereocenters. The van der Waals surface area contributed by atoms with E-state index in [0.29, 0.717) is 5.02 Å². The lowest BCUT2D eigenvalue weighted by Gasteiger charge is -2.07. The van der Waals surface area contributed by atoms with E-state index in [4.69, 9.17) is 16.7 Å². The van der Waals surface area contributed by atoms with Crippen LogP contribution in [0.15, 0.2) is 12.1 Å². The molecule has 4 heteroatoms. The Morgan fingerprint density at radius 1 is 1.38 bits per heavy atom. The van der Waals surface area contributed by atoms with Gasteiger partial charge in [-0.15, -0.1) is 0 Å². The van der Waals surface area contributed by atoms with Crippen molar-refractivity contribution in [3.8, 4) is 0 Å². The fourth-order valence-electron chi connectivity index (χ4n) is 2.01. The van der Waals surface area contributed by atoms with Crippen molar-refractivity contribution in [2.75, 3.05) is 0 Å². The molecule has 1 N–H and O–H groups in total. The van der Waals surface area contributed by atoms with Gasteiger partial charge in [-0.3, -0.25) is 0 Å². The first-order valence-electron chi connectivity index (χ1n) is 4.92. The first kappa shape index (κ1) is 11.0. The van der Waals surface area contributed by atoms with Crippen LogP contribution in [0.25, 0.3) is 10.9 Å². The summed E-state index contributed by atoms with van der Waals surface area (Å²) in [5.41, 5.74) is 3.28. The normalized spacial score (nSPS) is 11.0. The molecule has 1 aromatic heterocycles. The van der Waals surface area contributed by atoms with Crippen LogP contribution in [0.4, 0.5) is 0 Å². The Balaban J connectivity index is 2.97. The van der Waals surface area contributed by atoms with E-state index in [1.165, 1.54) is 0 Å². The summed E-state index contributed by atoms with van der Waals surface area (Å²) in [6, 6.07) is 3.48. The summed E-state index contributed by atoms with van der Waals surface area (Å²) in [5.74, 6) is -0.938. The standard InChI is InChI=1S/C12H12ClNO2/c1-6-4-9(13)8-5-10(12(15)16)14(3)11(8)7(6)2/h4-5H,1-3H3,(H,15,16). The maximum Gasteiger partial charge on any atom is 0.352 e. The highest BCUT2D eigenvalue weighted by Crippen LogP contribution is 2.31. The Morgan fingerprint density at radius 3 is 2.56 bits per heavy atom. The summed E-state index contributed by atoms with van der Waals surface area (Å²) in [5, 5.41) is 10.4. The van der Waals surface area contributed by atoms with E-state index in [0.717, 1.165) is 22.0 Å². The number of hydrogen-bond acceptors (Lipinski definition) is 1. The van der Waals surface area contributed by atoms with Gasteiger partial charge in [-0.25, -0.2) is 4.79 Å². The largest absolute Gasteiger partial charge is 0.477 e. The summed E-state index contributed by atoms with van der Waals surface area (Å²) in [4.78, 5) is 11.0. The second-order valence-electron chi connectivity index (χ2n) is 3.96. The van der Waals surface area contributed by atoms with Crippen molar-refractivity contribution < 1.29 is 9.90 Å². The van der Waals surface area contributed by atoms with Gasteiger partial charge in [-0.05, 0) is 37.1 Å². The predicted octanol–water partition coefficient (Wildman–Crippen LogP) is 3.15. The van der Waals surface area contributed by atoms with Crippen LogP contribution in [0.2, 0.25) is 5.02 Å². The Labute approximate surface area is 98.3 Å². The molecule has 0 bridgehead atoms. The molecular formula is C12H12ClNO2. The van der Waals surface area contributed by atoms with E-state index in [1.807, 2.05) is 19.9 Å². The van der Waals surface area contributed by atoms with Crippen LogP contribution in [-0.2, 0) is 7.05 Å². The number of nitrogens with zero attached hydrogens (tertiary/aromatic N) is 1. The molecule has 0 unspecified atom stereocenters. The van der Waals surface area contributed by atoms with Gasteiger partial charge in [0.2, 0.25) is 0 Å². The lowest BCUT2D eigenvalue weighted by molar-refractivity contribution is 0.0687. The van der Waals surface area contributed by atoms with E-state index >= 15 is 0 Å². The number of aromatic carboxylic acids is 1. The Kier molecular flexibility index (Phi) is 2.43. The fourth-order valence-corrected chi connectivity index (χ4v) is 2.31. The molecule has 84 valence electrons. The molecule has 1 heterocycles. The van der Waals surface area contributed by atoms with Gasteiger partial charge in [-0.2, -0.15) is 0 Å². The van der Waals surface area contributed by atoms with Gasteiger partial charge in [0.25, 0.3) is 0 Å². The van der Waals surface area contributed by atoms with Gasteiger partial charge in [0.15, 0.2) is 0 Å². The number of carbonyl (C=O) groups is 1. The first-order valence-corrected chi connectivity index (χ1v) is 5.29. The van der Waals surface area contributed by atoms with Crippen molar-refractivity contribution in [3.63, 3.8) is 0 Å². The molecule has 3 nitrogen and oxygen atoms in total. The van der Waals surface area contributed by atoms with E-state index < -0.39 is 5.97 Å². The van der Waals surface area contributed by atoms with Crippen molar-refractivity contribution >= 4 is 28.5 Å². The van der Waals surface area contributed by atoms with Crippen LogP contribution in [0.5, 0.6) is 0 Å². The van der Waals surface area contributed by atoms with Crippen LogP contribution >= 0.6 is 11.6 Å². The van der Waals surface area contributed by atoms with Crippen molar-refractivity contribution in [1.82, 2.24) is 4.57 Å². The third kappa shape index (κ3) is 1.39. The van der Waals surface area contributed by atoms with E-state index in [9.17, 15) is 4.79 Å². The molecular weight excluding hydrogens is 226 g/mol. The van der Waals surface area contributed by atoms with Gasteiger partial charge < -0.3 is 9.67 Å². The van der Waals surface area contributed by atoms with E-state index in [-0.39, 0.29) is 5.69 Å². The molecule has 0 aliphatic carbocycles. The number of benzene rings is 1. The molecule has 2 rings (SSSR count). The molecule has 0 fully saturated rings. The number of aromatic nitrogens is 1. The maximum absolute atomic E-state index is 11.0. The smallest absolute Gasteiger partial charge is 0.352 e. The summed E-state index contributed by atoms with van der Waals surface area (Å²) < 4.78 is 1.67. The number of aryl methyl sites for hydroxylation is 3. The topological polar surface area (TPSA) is 42.2 Å². The zero-order valence-electron chi connectivity index (χ0n) is 9.34. The highest BCUT2D eigenvalue weighted by Gasteiger charge is 2.16. The average Bonchev–Trinajstić information content (AvgIpc) is 2.53. The number of hydrogen-bond donors (Lipinski definition) is 1. The van der Waals surface area contributed by atoms with Crippen LogP contribution in [0.1, 0.15) is 21.6 Å². The molecule has 0 saturated heterocycles. The quantitative estimate of drug-likeness (QED) is 0.828. The van der Waals surface area contributed by atoms with Crippen molar-refractivity contribution in [3.05, 3.63) is 34.0 Å². The van der Waals surface area contributed by atoms with E-state index in [1.54, 1.807) is 17.7 Å². The van der Waals surface area contributed by atoms with Gasteiger partial charge in [-0.1, -0.05) is 11.6 Å². The molecule has 2 aromatic rings. The molecule has 0 radical (unpaired) electrons. The second kappa shape index (κ2) is 3.52. The highest BCUT2D eigenvalue weighted by molar-refractivity contribution is 6.35. The van der Waals surface area contributed by atoms with Crippen molar-refractivity contribution in [2.24, 2.45) is 7.05 Å². The maximum atomic E-state index is 11.0. The second-order valence-corrected chi connectivity index (χ2v) is 4.36. The minimum Gasteiger partial charge on any atom is -0.477 e. The minimum atomic E-state index is -0.938. The molecule has 0 spiro atoms. The SMILES string of the molecule is Cc1cc(Cl)c2cc(C(=O)O)n(C)c2c1C. The Hall–Kier alpha value is -1.48. The van der Waals surface area contributed by atoms with Crippen molar-refractivity contribution in [1.29, 1.82) is 0 Å². The van der Waals surface area contributed by atoms with E-state index in [2.05, 4.69) is 0 Å². The van der Waals surface area contributed by atoms with Crippen molar-refractivity contribution in [2.45, 2.75) is 13.8 Å². The predicted molar refractivity (Wildman–Crippen MR) is 64.4 cm³/mol. The zero-order chi connectivity index (χ0) is 12.0. The van der Waals surface area contributed by atoms with Gasteiger partial charge in [0.05, 0.1) is 10.5 Å². The Morgan fingerprint density at radius 2 is 2.00 bits per heavy atom. The molecule has 0 amide bonds. The van der Waals surface area contributed by atoms with Crippen LogP contribution < -0.4 is 0 Å². The summed E-state index contributed by atoms with van der Waals surface area (Å²) in [7, 11) is 1.74. The summed E-state index contributed by atoms with van der Waals surface area (Å²) in [6.07, 6.45) is 0. The average molecular weight is 238 g/mol. The molecule has 0 aliphatic heterocycles.